The van der Waals surface area contributed by atoms with Crippen LogP contribution in [0.4, 0.5) is 0 Å². The number of benzene rings is 1. The molecule has 2 aromatic rings. The number of carboxylic acids is 1. The summed E-state index contributed by atoms with van der Waals surface area (Å²) in [5.74, 6) is -1.17. The van der Waals surface area contributed by atoms with E-state index < -0.39 is 5.97 Å². The van der Waals surface area contributed by atoms with Gasteiger partial charge in [0.1, 0.15) is 0 Å². The molecule has 1 aromatic carbocycles. The van der Waals surface area contributed by atoms with Gasteiger partial charge in [0.2, 0.25) is 0 Å². The lowest BCUT2D eigenvalue weighted by molar-refractivity contribution is -0.137. The van der Waals surface area contributed by atoms with E-state index in [9.17, 15) is 9.59 Å². The second-order valence-electron chi connectivity index (χ2n) is 4.15. The first-order valence-corrected chi connectivity index (χ1v) is 6.07. The lowest BCUT2D eigenvalue weighted by Gasteiger charge is -2.18. The molecule has 0 atom stereocenters. The number of carboxylic acid groups (broad SMARTS) is 1. The highest BCUT2D eigenvalue weighted by molar-refractivity contribution is 6.04. The van der Waals surface area contributed by atoms with Crippen LogP contribution < -0.4 is 0 Å². The van der Waals surface area contributed by atoms with Crippen LogP contribution in [0.2, 0.25) is 0 Å². The van der Waals surface area contributed by atoms with Crippen molar-refractivity contribution in [3.63, 3.8) is 0 Å². The van der Waals surface area contributed by atoms with E-state index in [1.54, 1.807) is 0 Å². The fourth-order valence-corrected chi connectivity index (χ4v) is 1.91. The van der Waals surface area contributed by atoms with Crippen molar-refractivity contribution in [3.8, 4) is 0 Å². The highest BCUT2D eigenvalue weighted by Gasteiger charge is 2.20. The molecule has 0 aliphatic heterocycles. The van der Waals surface area contributed by atoms with E-state index in [0.29, 0.717) is 12.2 Å². The molecule has 2 rings (SSSR count). The Morgan fingerprint density at radius 2 is 2.11 bits per heavy atom. The summed E-state index contributed by atoms with van der Waals surface area (Å²) in [6.07, 6.45) is -0.0675. The molecule has 0 saturated carbocycles. The van der Waals surface area contributed by atoms with Gasteiger partial charge in [-0.1, -0.05) is 18.2 Å². The van der Waals surface area contributed by atoms with Crippen molar-refractivity contribution in [2.75, 3.05) is 13.1 Å². The van der Waals surface area contributed by atoms with Crippen molar-refractivity contribution in [2.45, 2.75) is 13.3 Å². The van der Waals surface area contributed by atoms with E-state index in [0.717, 1.165) is 10.9 Å². The minimum absolute atomic E-state index is 0.0675. The molecular formula is C13H15N3O3. The molecule has 6 nitrogen and oxygen atoms in total. The average Bonchev–Trinajstić information content (AvgIpc) is 2.82. The summed E-state index contributed by atoms with van der Waals surface area (Å²) in [6, 6.07) is 7.35. The number of aromatic amines is 1. The fourth-order valence-electron chi connectivity index (χ4n) is 1.91. The minimum atomic E-state index is -0.918. The average molecular weight is 261 g/mol. The monoisotopic (exact) mass is 261 g/mol. The van der Waals surface area contributed by atoms with Crippen LogP contribution in [0.3, 0.4) is 0 Å². The van der Waals surface area contributed by atoms with Gasteiger partial charge in [0.05, 0.1) is 11.9 Å². The smallest absolute Gasteiger partial charge is 0.305 e. The molecule has 2 N–H and O–H groups in total. The number of nitrogens with zero attached hydrogens (tertiary/aromatic N) is 2. The fraction of sp³-hybridized carbons (Fsp3) is 0.308. The number of aromatic nitrogens is 2. The standard InChI is InChI=1S/C13H15N3O3/c1-2-16(8-7-11(17)18)13(19)12-9-5-3-4-6-10(9)14-15-12/h3-6H,2,7-8H2,1H3,(H,14,15)(H,17,18). The van der Waals surface area contributed by atoms with Crippen molar-refractivity contribution in [1.29, 1.82) is 0 Å². The van der Waals surface area contributed by atoms with Crippen molar-refractivity contribution in [3.05, 3.63) is 30.0 Å². The third-order valence-corrected chi connectivity index (χ3v) is 2.94. The van der Waals surface area contributed by atoms with Crippen LogP contribution in [0.5, 0.6) is 0 Å². The number of amides is 1. The Kier molecular flexibility index (Phi) is 3.79. The number of carbonyl (C=O) groups excluding carboxylic acids is 1. The van der Waals surface area contributed by atoms with E-state index in [4.69, 9.17) is 5.11 Å². The molecule has 1 heterocycles. The molecule has 0 aliphatic carbocycles. The Bertz CT molecular complexity index is 606. The molecule has 1 aromatic heterocycles. The summed E-state index contributed by atoms with van der Waals surface area (Å²) in [5.41, 5.74) is 1.13. The topological polar surface area (TPSA) is 86.3 Å². The quantitative estimate of drug-likeness (QED) is 0.854. The van der Waals surface area contributed by atoms with E-state index in [1.807, 2.05) is 31.2 Å². The SMILES string of the molecule is CCN(CCC(=O)O)C(=O)c1n[nH]c2ccccc12. The number of nitrogens with one attached hydrogen (secondary N) is 1. The van der Waals surface area contributed by atoms with Gasteiger partial charge in [0.15, 0.2) is 5.69 Å². The van der Waals surface area contributed by atoms with E-state index >= 15 is 0 Å². The molecule has 0 bridgehead atoms. The van der Waals surface area contributed by atoms with Crippen LogP contribution in [0.25, 0.3) is 10.9 Å². The van der Waals surface area contributed by atoms with Gasteiger partial charge >= 0.3 is 5.97 Å². The van der Waals surface area contributed by atoms with Gasteiger partial charge in [-0.3, -0.25) is 14.7 Å². The van der Waals surface area contributed by atoms with Crippen molar-refractivity contribution >= 4 is 22.8 Å². The lowest BCUT2D eigenvalue weighted by Crippen LogP contribution is -2.33. The normalized spacial score (nSPS) is 10.6. The second kappa shape index (κ2) is 5.51. The Balaban J connectivity index is 2.24. The molecule has 100 valence electrons. The molecular weight excluding hydrogens is 246 g/mol. The Hall–Kier alpha value is -2.37. The van der Waals surface area contributed by atoms with Gasteiger partial charge in [-0.25, -0.2) is 0 Å². The van der Waals surface area contributed by atoms with Crippen LogP contribution >= 0.6 is 0 Å². The van der Waals surface area contributed by atoms with Gasteiger partial charge in [-0.05, 0) is 13.0 Å². The summed E-state index contributed by atoms with van der Waals surface area (Å²) in [5, 5.41) is 16.3. The third kappa shape index (κ3) is 2.73. The summed E-state index contributed by atoms with van der Waals surface area (Å²) in [4.78, 5) is 24.4. The van der Waals surface area contributed by atoms with Gasteiger partial charge in [-0.15, -0.1) is 0 Å². The molecule has 19 heavy (non-hydrogen) atoms. The molecule has 0 radical (unpaired) electrons. The number of hydrogen-bond donors (Lipinski definition) is 2. The first kappa shape index (κ1) is 13.1. The van der Waals surface area contributed by atoms with Crippen LogP contribution in [0.1, 0.15) is 23.8 Å². The van der Waals surface area contributed by atoms with Crippen LogP contribution in [-0.2, 0) is 4.79 Å². The van der Waals surface area contributed by atoms with Crippen molar-refractivity contribution in [2.24, 2.45) is 0 Å². The molecule has 0 spiro atoms. The largest absolute Gasteiger partial charge is 0.481 e. The Morgan fingerprint density at radius 1 is 1.37 bits per heavy atom. The summed E-state index contributed by atoms with van der Waals surface area (Å²) >= 11 is 0. The molecule has 0 unspecified atom stereocenters. The molecule has 1 amide bonds. The van der Waals surface area contributed by atoms with Gasteiger partial charge in [-0.2, -0.15) is 5.10 Å². The maximum atomic E-state index is 12.3. The van der Waals surface area contributed by atoms with Gasteiger partial charge < -0.3 is 10.0 Å². The molecule has 0 fully saturated rings. The van der Waals surface area contributed by atoms with Gasteiger partial charge in [0, 0.05) is 18.5 Å². The zero-order chi connectivity index (χ0) is 13.8. The van der Waals surface area contributed by atoms with Gasteiger partial charge in [0.25, 0.3) is 5.91 Å². The highest BCUT2D eigenvalue weighted by Crippen LogP contribution is 2.16. The molecule has 0 aliphatic rings. The Labute approximate surface area is 110 Å². The van der Waals surface area contributed by atoms with Crippen LogP contribution in [0.15, 0.2) is 24.3 Å². The number of aliphatic carboxylic acids is 1. The highest BCUT2D eigenvalue weighted by atomic mass is 16.4. The molecule has 0 saturated heterocycles. The number of carbonyl (C=O) groups is 2. The Morgan fingerprint density at radius 3 is 2.79 bits per heavy atom. The maximum Gasteiger partial charge on any atom is 0.305 e. The lowest BCUT2D eigenvalue weighted by atomic mass is 10.2. The second-order valence-corrected chi connectivity index (χ2v) is 4.15. The van der Waals surface area contributed by atoms with E-state index in [2.05, 4.69) is 10.2 Å². The predicted molar refractivity (Wildman–Crippen MR) is 69.9 cm³/mol. The minimum Gasteiger partial charge on any atom is -0.481 e. The number of para-hydroxylation sites is 1. The van der Waals surface area contributed by atoms with Crippen molar-refractivity contribution < 1.29 is 14.7 Å². The summed E-state index contributed by atoms with van der Waals surface area (Å²) in [7, 11) is 0. The number of rotatable bonds is 5. The van der Waals surface area contributed by atoms with Crippen molar-refractivity contribution in [1.82, 2.24) is 15.1 Å². The maximum absolute atomic E-state index is 12.3. The number of H-pyrrole nitrogens is 1. The predicted octanol–water partition coefficient (Wildman–Crippen LogP) is 1.50. The zero-order valence-electron chi connectivity index (χ0n) is 10.6. The first-order chi connectivity index (χ1) is 9.13. The third-order valence-electron chi connectivity index (χ3n) is 2.94. The molecule has 6 heteroatoms. The van der Waals surface area contributed by atoms with E-state index in [-0.39, 0.29) is 18.9 Å². The number of hydrogen-bond acceptors (Lipinski definition) is 3. The van der Waals surface area contributed by atoms with Crippen LogP contribution in [0, 0.1) is 0 Å². The first-order valence-electron chi connectivity index (χ1n) is 6.07. The summed E-state index contributed by atoms with van der Waals surface area (Å²) < 4.78 is 0. The number of fused-ring (bicyclic) bond motifs is 1. The van der Waals surface area contributed by atoms with Crippen LogP contribution in [-0.4, -0.2) is 45.2 Å². The zero-order valence-corrected chi connectivity index (χ0v) is 10.6. The summed E-state index contributed by atoms with van der Waals surface area (Å²) in [6.45, 7) is 2.45. The van der Waals surface area contributed by atoms with E-state index in [1.165, 1.54) is 4.90 Å².